The number of hydrogen-bond donors (Lipinski definition) is 2. The van der Waals surface area contributed by atoms with Crippen LogP contribution in [0.1, 0.15) is 20.3 Å². The number of carbonyl (C=O) groups excluding carboxylic acids is 1. The standard InChI is InChI=1S/C16H20N4O/c1-3-11(2)14(17)16(21)20-13-9-18-15(19-10-13)12-7-5-4-6-8-12/h4-11,14H,3,17H2,1-2H3,(H,20,21)/t11-,14-/m0/s1. The Morgan fingerprint density at radius 1 is 1.24 bits per heavy atom. The average Bonchev–Trinajstić information content (AvgIpc) is 2.54. The van der Waals surface area contributed by atoms with Crippen molar-refractivity contribution in [3.05, 3.63) is 42.7 Å². The van der Waals surface area contributed by atoms with Gasteiger partial charge >= 0.3 is 0 Å². The molecule has 0 aliphatic carbocycles. The largest absolute Gasteiger partial charge is 0.322 e. The van der Waals surface area contributed by atoms with Gasteiger partial charge in [-0.25, -0.2) is 9.97 Å². The highest BCUT2D eigenvalue weighted by molar-refractivity contribution is 5.94. The number of rotatable bonds is 5. The van der Waals surface area contributed by atoms with Gasteiger partial charge < -0.3 is 11.1 Å². The maximum atomic E-state index is 12.0. The van der Waals surface area contributed by atoms with E-state index in [0.717, 1.165) is 12.0 Å². The van der Waals surface area contributed by atoms with E-state index in [4.69, 9.17) is 5.73 Å². The summed E-state index contributed by atoms with van der Waals surface area (Å²) >= 11 is 0. The lowest BCUT2D eigenvalue weighted by molar-refractivity contribution is -0.118. The SMILES string of the molecule is CC[C@H](C)[C@H](N)C(=O)Nc1cnc(-c2ccccc2)nc1. The molecule has 2 aromatic rings. The van der Waals surface area contributed by atoms with Crippen LogP contribution in [0.25, 0.3) is 11.4 Å². The van der Waals surface area contributed by atoms with Crippen LogP contribution in [0.15, 0.2) is 42.7 Å². The van der Waals surface area contributed by atoms with Gasteiger partial charge in [0.25, 0.3) is 0 Å². The highest BCUT2D eigenvalue weighted by Crippen LogP contribution is 2.15. The number of carbonyl (C=O) groups is 1. The van der Waals surface area contributed by atoms with E-state index in [1.165, 1.54) is 0 Å². The predicted octanol–water partition coefficient (Wildman–Crippen LogP) is 2.46. The molecule has 2 rings (SSSR count). The number of nitrogens with one attached hydrogen (secondary N) is 1. The van der Waals surface area contributed by atoms with Crippen molar-refractivity contribution in [3.63, 3.8) is 0 Å². The third kappa shape index (κ3) is 3.86. The van der Waals surface area contributed by atoms with Gasteiger partial charge in [0.1, 0.15) is 0 Å². The first-order valence-electron chi connectivity index (χ1n) is 7.05. The normalized spacial score (nSPS) is 13.5. The van der Waals surface area contributed by atoms with Gasteiger partial charge in [0.15, 0.2) is 5.82 Å². The lowest BCUT2D eigenvalue weighted by Gasteiger charge is -2.17. The summed E-state index contributed by atoms with van der Waals surface area (Å²) in [4.78, 5) is 20.5. The molecule has 1 amide bonds. The van der Waals surface area contributed by atoms with E-state index in [-0.39, 0.29) is 11.8 Å². The van der Waals surface area contributed by atoms with E-state index in [1.54, 1.807) is 12.4 Å². The van der Waals surface area contributed by atoms with Crippen LogP contribution in [0.3, 0.4) is 0 Å². The smallest absolute Gasteiger partial charge is 0.241 e. The van der Waals surface area contributed by atoms with E-state index in [0.29, 0.717) is 11.5 Å². The van der Waals surface area contributed by atoms with Crippen LogP contribution in [0.4, 0.5) is 5.69 Å². The summed E-state index contributed by atoms with van der Waals surface area (Å²) in [6.07, 6.45) is 4.05. The summed E-state index contributed by atoms with van der Waals surface area (Å²) in [7, 11) is 0. The minimum atomic E-state index is -0.524. The van der Waals surface area contributed by atoms with Gasteiger partial charge in [0.2, 0.25) is 5.91 Å². The minimum Gasteiger partial charge on any atom is -0.322 e. The minimum absolute atomic E-state index is 0.134. The van der Waals surface area contributed by atoms with Crippen LogP contribution < -0.4 is 11.1 Å². The van der Waals surface area contributed by atoms with Crippen molar-refractivity contribution >= 4 is 11.6 Å². The number of nitrogens with zero attached hydrogens (tertiary/aromatic N) is 2. The number of aromatic nitrogens is 2. The molecule has 0 unspecified atom stereocenters. The third-order valence-corrected chi connectivity index (χ3v) is 3.51. The molecule has 0 fully saturated rings. The number of amides is 1. The molecule has 2 atom stereocenters. The number of hydrogen-bond acceptors (Lipinski definition) is 4. The van der Waals surface area contributed by atoms with Crippen LogP contribution in [0, 0.1) is 5.92 Å². The van der Waals surface area contributed by atoms with Crippen molar-refractivity contribution in [1.29, 1.82) is 0 Å². The second-order valence-electron chi connectivity index (χ2n) is 5.06. The Bertz CT molecular complexity index is 583. The Morgan fingerprint density at radius 2 is 1.86 bits per heavy atom. The van der Waals surface area contributed by atoms with Gasteiger partial charge in [-0.1, -0.05) is 50.6 Å². The summed E-state index contributed by atoms with van der Waals surface area (Å²) < 4.78 is 0. The molecule has 0 aliphatic rings. The fourth-order valence-corrected chi connectivity index (χ4v) is 1.87. The van der Waals surface area contributed by atoms with E-state index in [1.807, 2.05) is 44.2 Å². The molecule has 0 radical (unpaired) electrons. The van der Waals surface area contributed by atoms with Crippen molar-refractivity contribution in [2.75, 3.05) is 5.32 Å². The van der Waals surface area contributed by atoms with Crippen molar-refractivity contribution in [1.82, 2.24) is 9.97 Å². The Labute approximate surface area is 124 Å². The lowest BCUT2D eigenvalue weighted by atomic mass is 9.99. The van der Waals surface area contributed by atoms with E-state index in [9.17, 15) is 4.79 Å². The summed E-state index contributed by atoms with van der Waals surface area (Å²) in [5.74, 6) is 0.551. The molecule has 0 aliphatic heterocycles. The van der Waals surface area contributed by atoms with E-state index < -0.39 is 6.04 Å². The highest BCUT2D eigenvalue weighted by atomic mass is 16.2. The maximum absolute atomic E-state index is 12.0. The lowest BCUT2D eigenvalue weighted by Crippen LogP contribution is -2.40. The third-order valence-electron chi connectivity index (χ3n) is 3.51. The number of nitrogens with two attached hydrogens (primary N) is 1. The zero-order chi connectivity index (χ0) is 15.2. The Balaban J connectivity index is 2.05. The van der Waals surface area contributed by atoms with Gasteiger partial charge in [-0.2, -0.15) is 0 Å². The fourth-order valence-electron chi connectivity index (χ4n) is 1.87. The second kappa shape index (κ2) is 6.95. The number of benzene rings is 1. The van der Waals surface area contributed by atoms with Gasteiger partial charge in [-0.15, -0.1) is 0 Å². The van der Waals surface area contributed by atoms with Gasteiger partial charge in [-0.3, -0.25) is 4.79 Å². The molecule has 5 heteroatoms. The quantitative estimate of drug-likeness (QED) is 0.883. The maximum Gasteiger partial charge on any atom is 0.241 e. The van der Waals surface area contributed by atoms with Crippen LogP contribution in [-0.2, 0) is 4.79 Å². The summed E-state index contributed by atoms with van der Waals surface area (Å²) in [5, 5.41) is 2.75. The molecule has 0 saturated heterocycles. The van der Waals surface area contributed by atoms with Gasteiger partial charge in [-0.05, 0) is 5.92 Å². The molecule has 0 bridgehead atoms. The summed E-state index contributed by atoms with van der Waals surface area (Å²) in [5.41, 5.74) is 7.38. The molecule has 1 heterocycles. The van der Waals surface area contributed by atoms with Crippen molar-refractivity contribution in [3.8, 4) is 11.4 Å². The Kier molecular flexibility index (Phi) is 5.00. The van der Waals surface area contributed by atoms with Crippen LogP contribution >= 0.6 is 0 Å². The van der Waals surface area contributed by atoms with Crippen molar-refractivity contribution < 1.29 is 4.79 Å². The zero-order valence-electron chi connectivity index (χ0n) is 12.3. The molecule has 0 saturated carbocycles. The second-order valence-corrected chi connectivity index (χ2v) is 5.06. The summed E-state index contributed by atoms with van der Waals surface area (Å²) in [6.45, 7) is 3.97. The molecule has 21 heavy (non-hydrogen) atoms. The first kappa shape index (κ1) is 15.1. The Morgan fingerprint density at radius 3 is 2.43 bits per heavy atom. The molecule has 1 aromatic heterocycles. The first-order valence-corrected chi connectivity index (χ1v) is 7.05. The molecule has 3 N–H and O–H groups in total. The Hall–Kier alpha value is -2.27. The molecular formula is C16H20N4O. The van der Waals surface area contributed by atoms with Gasteiger partial charge in [0.05, 0.1) is 24.1 Å². The van der Waals surface area contributed by atoms with E-state index >= 15 is 0 Å². The zero-order valence-corrected chi connectivity index (χ0v) is 12.3. The van der Waals surface area contributed by atoms with Gasteiger partial charge in [0, 0.05) is 5.56 Å². The average molecular weight is 284 g/mol. The van der Waals surface area contributed by atoms with Crippen LogP contribution in [0.5, 0.6) is 0 Å². The molecule has 5 nitrogen and oxygen atoms in total. The summed E-state index contributed by atoms with van der Waals surface area (Å²) in [6, 6.07) is 9.15. The van der Waals surface area contributed by atoms with Crippen LogP contribution in [0.2, 0.25) is 0 Å². The molecule has 1 aromatic carbocycles. The highest BCUT2D eigenvalue weighted by Gasteiger charge is 2.19. The molecule has 110 valence electrons. The first-order chi connectivity index (χ1) is 10.1. The topological polar surface area (TPSA) is 80.9 Å². The molecule has 0 spiro atoms. The monoisotopic (exact) mass is 284 g/mol. The van der Waals surface area contributed by atoms with Crippen molar-refractivity contribution in [2.24, 2.45) is 11.7 Å². The molecular weight excluding hydrogens is 264 g/mol. The predicted molar refractivity (Wildman–Crippen MR) is 83.5 cm³/mol. The van der Waals surface area contributed by atoms with Crippen LogP contribution in [-0.4, -0.2) is 21.9 Å². The van der Waals surface area contributed by atoms with Crippen molar-refractivity contribution in [2.45, 2.75) is 26.3 Å². The fraction of sp³-hybridized carbons (Fsp3) is 0.312. The number of anilines is 1. The van der Waals surface area contributed by atoms with E-state index in [2.05, 4.69) is 15.3 Å².